The molecule has 0 fully saturated rings. The van der Waals surface area contributed by atoms with E-state index >= 15 is 0 Å². The second kappa shape index (κ2) is 9.28. The maximum Gasteiger partial charge on any atom is 0.142 e. The van der Waals surface area contributed by atoms with E-state index in [-0.39, 0.29) is 0 Å². The van der Waals surface area contributed by atoms with Gasteiger partial charge < -0.3 is 15.4 Å². The van der Waals surface area contributed by atoms with Gasteiger partial charge >= 0.3 is 0 Å². The van der Waals surface area contributed by atoms with Crippen LogP contribution in [0, 0.1) is 0 Å². The SMILES string of the molecule is CCOc1ccc(CC(C)N(CC)CCc2ccncc2)cc1N. The molecule has 2 rings (SSSR count). The molecule has 0 amide bonds. The molecule has 0 aliphatic heterocycles. The summed E-state index contributed by atoms with van der Waals surface area (Å²) in [4.78, 5) is 6.58. The number of hydrogen-bond acceptors (Lipinski definition) is 4. The lowest BCUT2D eigenvalue weighted by Crippen LogP contribution is -2.36. The van der Waals surface area contributed by atoms with Crippen LogP contribution in [0.4, 0.5) is 5.69 Å². The van der Waals surface area contributed by atoms with Crippen LogP contribution in [-0.2, 0) is 12.8 Å². The predicted molar refractivity (Wildman–Crippen MR) is 100 cm³/mol. The number of aromatic nitrogens is 1. The molecule has 1 aromatic heterocycles. The van der Waals surface area contributed by atoms with Crippen LogP contribution in [0.2, 0.25) is 0 Å². The van der Waals surface area contributed by atoms with Crippen molar-refractivity contribution in [2.24, 2.45) is 0 Å². The monoisotopic (exact) mass is 327 g/mol. The first-order valence-corrected chi connectivity index (χ1v) is 8.78. The van der Waals surface area contributed by atoms with Gasteiger partial charge in [-0.05, 0) is 68.6 Å². The Morgan fingerprint density at radius 3 is 2.50 bits per heavy atom. The van der Waals surface area contributed by atoms with E-state index in [1.807, 2.05) is 31.5 Å². The minimum atomic E-state index is 0.467. The average Bonchev–Trinajstić information content (AvgIpc) is 2.59. The fourth-order valence-corrected chi connectivity index (χ4v) is 2.99. The van der Waals surface area contributed by atoms with E-state index < -0.39 is 0 Å². The van der Waals surface area contributed by atoms with Gasteiger partial charge in [0.05, 0.1) is 12.3 Å². The number of rotatable bonds is 9. The van der Waals surface area contributed by atoms with Crippen LogP contribution in [0.25, 0.3) is 0 Å². The summed E-state index contributed by atoms with van der Waals surface area (Å²) in [6.45, 7) is 9.20. The first-order chi connectivity index (χ1) is 11.6. The predicted octanol–water partition coefficient (Wildman–Crippen LogP) is 3.56. The molecule has 0 radical (unpaired) electrons. The quantitative estimate of drug-likeness (QED) is 0.716. The van der Waals surface area contributed by atoms with E-state index in [9.17, 15) is 0 Å². The molecule has 0 saturated carbocycles. The van der Waals surface area contributed by atoms with Gasteiger partial charge in [0.2, 0.25) is 0 Å². The first kappa shape index (κ1) is 18.3. The molecular formula is C20H29N3O. The normalized spacial score (nSPS) is 12.3. The zero-order chi connectivity index (χ0) is 17.4. The third-order valence-electron chi connectivity index (χ3n) is 4.37. The molecule has 0 aliphatic carbocycles. The minimum Gasteiger partial charge on any atom is -0.492 e. The third-order valence-corrected chi connectivity index (χ3v) is 4.37. The molecule has 1 atom stereocenters. The summed E-state index contributed by atoms with van der Waals surface area (Å²) in [6, 6.07) is 10.8. The highest BCUT2D eigenvalue weighted by Gasteiger charge is 2.13. The van der Waals surface area contributed by atoms with Gasteiger partial charge in [-0.3, -0.25) is 4.98 Å². The molecule has 4 nitrogen and oxygen atoms in total. The van der Waals surface area contributed by atoms with Gasteiger partial charge in [-0.15, -0.1) is 0 Å². The maximum absolute atomic E-state index is 6.08. The fourth-order valence-electron chi connectivity index (χ4n) is 2.99. The van der Waals surface area contributed by atoms with E-state index in [0.717, 1.165) is 37.4 Å². The highest BCUT2D eigenvalue weighted by Crippen LogP contribution is 2.23. The Bertz CT molecular complexity index is 616. The number of ether oxygens (including phenoxy) is 1. The third kappa shape index (κ3) is 5.24. The van der Waals surface area contributed by atoms with Crippen molar-refractivity contribution < 1.29 is 4.74 Å². The zero-order valence-corrected chi connectivity index (χ0v) is 15.0. The number of nitrogen functional groups attached to an aromatic ring is 1. The molecule has 4 heteroatoms. The fraction of sp³-hybridized carbons (Fsp3) is 0.450. The van der Waals surface area contributed by atoms with Gasteiger partial charge in [0, 0.05) is 25.0 Å². The van der Waals surface area contributed by atoms with Gasteiger partial charge in [-0.1, -0.05) is 13.0 Å². The van der Waals surface area contributed by atoms with Gasteiger partial charge in [-0.25, -0.2) is 0 Å². The van der Waals surface area contributed by atoms with Crippen LogP contribution >= 0.6 is 0 Å². The van der Waals surface area contributed by atoms with Gasteiger partial charge in [0.15, 0.2) is 0 Å². The highest BCUT2D eigenvalue weighted by molar-refractivity contribution is 5.54. The summed E-state index contributed by atoms with van der Waals surface area (Å²) < 4.78 is 5.51. The summed E-state index contributed by atoms with van der Waals surface area (Å²) in [5, 5.41) is 0. The van der Waals surface area contributed by atoms with Gasteiger partial charge in [0.25, 0.3) is 0 Å². The topological polar surface area (TPSA) is 51.4 Å². The van der Waals surface area contributed by atoms with Crippen molar-refractivity contribution >= 4 is 5.69 Å². The van der Waals surface area contributed by atoms with E-state index in [1.54, 1.807) is 0 Å². The number of anilines is 1. The number of nitrogens with two attached hydrogens (primary N) is 1. The lowest BCUT2D eigenvalue weighted by molar-refractivity contribution is 0.221. The summed E-state index contributed by atoms with van der Waals surface area (Å²) in [6.07, 6.45) is 5.75. The number of likely N-dealkylation sites (N-methyl/N-ethyl adjacent to an activating group) is 1. The number of nitrogens with zero attached hydrogens (tertiary/aromatic N) is 2. The van der Waals surface area contributed by atoms with E-state index in [4.69, 9.17) is 10.5 Å². The Kier molecular flexibility index (Phi) is 7.07. The number of pyridine rings is 1. The van der Waals surface area contributed by atoms with Crippen LogP contribution in [0.3, 0.4) is 0 Å². The Balaban J connectivity index is 1.93. The molecule has 1 heterocycles. The molecule has 0 bridgehead atoms. The van der Waals surface area contributed by atoms with Crippen molar-refractivity contribution in [3.05, 3.63) is 53.9 Å². The molecule has 2 aromatic rings. The van der Waals surface area contributed by atoms with Crippen molar-refractivity contribution in [2.75, 3.05) is 25.4 Å². The highest BCUT2D eigenvalue weighted by atomic mass is 16.5. The molecule has 0 aliphatic rings. The number of hydrogen-bond donors (Lipinski definition) is 1. The Labute approximate surface area is 145 Å². The van der Waals surface area contributed by atoms with E-state index in [1.165, 1.54) is 11.1 Å². The van der Waals surface area contributed by atoms with Crippen molar-refractivity contribution in [1.29, 1.82) is 0 Å². The van der Waals surface area contributed by atoms with Crippen molar-refractivity contribution in [2.45, 2.75) is 39.7 Å². The Morgan fingerprint density at radius 1 is 1.12 bits per heavy atom. The first-order valence-electron chi connectivity index (χ1n) is 8.78. The van der Waals surface area contributed by atoms with Crippen LogP contribution in [0.1, 0.15) is 31.9 Å². The van der Waals surface area contributed by atoms with Crippen LogP contribution in [0.5, 0.6) is 5.75 Å². The summed E-state index contributed by atoms with van der Waals surface area (Å²) in [5.74, 6) is 0.777. The van der Waals surface area contributed by atoms with E-state index in [0.29, 0.717) is 12.6 Å². The number of benzene rings is 1. The lowest BCUT2D eigenvalue weighted by atomic mass is 10.0. The molecule has 130 valence electrons. The standard InChI is InChI=1S/C20H29N3O/c1-4-23(13-10-17-8-11-22-12-9-17)16(3)14-18-6-7-20(24-5-2)19(21)15-18/h6-9,11-12,15-16H,4-5,10,13-14,21H2,1-3H3. The molecule has 0 saturated heterocycles. The molecule has 2 N–H and O–H groups in total. The smallest absolute Gasteiger partial charge is 0.142 e. The van der Waals surface area contributed by atoms with Gasteiger partial charge in [0.1, 0.15) is 5.75 Å². The van der Waals surface area contributed by atoms with Crippen LogP contribution < -0.4 is 10.5 Å². The zero-order valence-electron chi connectivity index (χ0n) is 15.0. The molecular weight excluding hydrogens is 298 g/mol. The molecule has 0 spiro atoms. The second-order valence-electron chi connectivity index (χ2n) is 6.09. The van der Waals surface area contributed by atoms with Crippen molar-refractivity contribution in [1.82, 2.24) is 9.88 Å². The molecule has 1 aromatic carbocycles. The summed E-state index contributed by atoms with van der Waals surface area (Å²) in [5.41, 5.74) is 9.40. The summed E-state index contributed by atoms with van der Waals surface area (Å²) in [7, 11) is 0. The van der Waals surface area contributed by atoms with E-state index in [2.05, 4.69) is 41.9 Å². The molecule has 24 heavy (non-hydrogen) atoms. The molecule has 1 unspecified atom stereocenters. The van der Waals surface area contributed by atoms with Crippen molar-refractivity contribution in [3.63, 3.8) is 0 Å². The minimum absolute atomic E-state index is 0.467. The summed E-state index contributed by atoms with van der Waals surface area (Å²) >= 11 is 0. The van der Waals surface area contributed by atoms with Gasteiger partial charge in [-0.2, -0.15) is 0 Å². The lowest BCUT2D eigenvalue weighted by Gasteiger charge is -2.28. The second-order valence-corrected chi connectivity index (χ2v) is 6.09. The average molecular weight is 327 g/mol. The van der Waals surface area contributed by atoms with Crippen molar-refractivity contribution in [3.8, 4) is 5.75 Å². The van der Waals surface area contributed by atoms with Crippen LogP contribution in [-0.4, -0.2) is 35.6 Å². The van der Waals surface area contributed by atoms with Crippen LogP contribution in [0.15, 0.2) is 42.7 Å². The Hall–Kier alpha value is -2.07. The maximum atomic E-state index is 6.08. The Morgan fingerprint density at radius 2 is 1.88 bits per heavy atom. The largest absolute Gasteiger partial charge is 0.492 e.